The van der Waals surface area contributed by atoms with E-state index in [0.29, 0.717) is 18.0 Å². The molecule has 1 aliphatic rings. The monoisotopic (exact) mass is 350 g/mol. The Morgan fingerprint density at radius 2 is 1.88 bits per heavy atom. The van der Waals surface area contributed by atoms with Crippen molar-refractivity contribution in [2.24, 2.45) is 0 Å². The highest BCUT2D eigenvalue weighted by Crippen LogP contribution is 2.27. The van der Waals surface area contributed by atoms with E-state index < -0.39 is 0 Å². The summed E-state index contributed by atoms with van der Waals surface area (Å²) in [7, 11) is 3.24. The summed E-state index contributed by atoms with van der Waals surface area (Å²) in [6.07, 6.45) is 1.06. The number of benzene rings is 1. The smallest absolute Gasteiger partial charge is 0.237 e. The van der Waals surface area contributed by atoms with Crippen LogP contribution in [0.15, 0.2) is 18.2 Å². The van der Waals surface area contributed by atoms with Crippen molar-refractivity contribution < 1.29 is 19.0 Å². The number of carbonyl (C=O) groups excluding carboxylic acids is 1. The van der Waals surface area contributed by atoms with Crippen LogP contribution in [0.4, 0.5) is 0 Å². The summed E-state index contributed by atoms with van der Waals surface area (Å²) in [5.41, 5.74) is 1.10. The summed E-state index contributed by atoms with van der Waals surface area (Å²) in [6, 6.07) is 5.66. The predicted octanol–water partition coefficient (Wildman–Crippen LogP) is 1.86. The molecule has 140 valence electrons. The van der Waals surface area contributed by atoms with Crippen LogP contribution >= 0.6 is 0 Å². The average Bonchev–Trinajstić information content (AvgIpc) is 2.59. The number of hydrogen-bond donors (Lipinski definition) is 1. The molecule has 6 heteroatoms. The van der Waals surface area contributed by atoms with Gasteiger partial charge in [-0.1, -0.05) is 6.07 Å². The number of hydrogen-bond acceptors (Lipinski definition) is 5. The lowest BCUT2D eigenvalue weighted by molar-refractivity contribution is -0.131. The van der Waals surface area contributed by atoms with E-state index in [4.69, 9.17) is 14.2 Å². The molecule has 0 saturated carbocycles. The predicted molar refractivity (Wildman–Crippen MR) is 97.3 cm³/mol. The molecule has 6 nitrogen and oxygen atoms in total. The molecule has 1 saturated heterocycles. The Morgan fingerprint density at radius 1 is 1.24 bits per heavy atom. The molecule has 0 spiro atoms. The molecular formula is C19H30N2O4. The van der Waals surface area contributed by atoms with Gasteiger partial charge in [0.05, 0.1) is 32.5 Å². The van der Waals surface area contributed by atoms with Gasteiger partial charge in [0.2, 0.25) is 5.91 Å². The SMILES string of the molecule is COc1ccc(CCNC(=O)[C@H](C)N2C[C@H](C)O[C@@H](C)C2)cc1OC. The standard InChI is InChI=1S/C19H30N2O4/c1-13-11-21(12-14(2)25-13)15(3)19(22)20-9-8-16-6-7-17(23-4)18(10-16)24-5/h6-7,10,13-15H,8-9,11-12H2,1-5H3,(H,20,22)/t13-,14-,15-/m0/s1. The van der Waals surface area contributed by atoms with Crippen LogP contribution in [0, 0.1) is 0 Å². The van der Waals surface area contributed by atoms with Crippen LogP contribution in [-0.2, 0) is 16.0 Å². The van der Waals surface area contributed by atoms with Gasteiger partial charge in [-0.05, 0) is 44.9 Å². The average molecular weight is 350 g/mol. The second-order valence-corrected chi connectivity index (χ2v) is 6.62. The largest absolute Gasteiger partial charge is 0.493 e. The van der Waals surface area contributed by atoms with Crippen molar-refractivity contribution in [2.45, 2.75) is 45.4 Å². The van der Waals surface area contributed by atoms with Crippen LogP contribution in [0.1, 0.15) is 26.3 Å². The fraction of sp³-hybridized carbons (Fsp3) is 0.632. The van der Waals surface area contributed by atoms with Gasteiger partial charge in [0, 0.05) is 19.6 Å². The van der Waals surface area contributed by atoms with Crippen molar-refractivity contribution in [3.8, 4) is 11.5 Å². The number of nitrogens with one attached hydrogen (secondary N) is 1. The quantitative estimate of drug-likeness (QED) is 0.813. The van der Waals surface area contributed by atoms with Gasteiger partial charge in [0.15, 0.2) is 11.5 Å². The first kappa shape index (κ1) is 19.5. The number of nitrogens with zero attached hydrogens (tertiary/aromatic N) is 1. The highest BCUT2D eigenvalue weighted by Gasteiger charge is 2.28. The zero-order chi connectivity index (χ0) is 18.4. The normalized spacial score (nSPS) is 22.3. The Labute approximate surface area is 150 Å². The van der Waals surface area contributed by atoms with E-state index in [0.717, 1.165) is 25.1 Å². The fourth-order valence-electron chi connectivity index (χ4n) is 3.21. The summed E-state index contributed by atoms with van der Waals surface area (Å²) in [6.45, 7) is 8.21. The summed E-state index contributed by atoms with van der Waals surface area (Å²) in [5.74, 6) is 1.47. The van der Waals surface area contributed by atoms with E-state index in [1.807, 2.05) is 39.0 Å². The lowest BCUT2D eigenvalue weighted by atomic mass is 10.1. The molecule has 1 fully saturated rings. The van der Waals surface area contributed by atoms with Gasteiger partial charge >= 0.3 is 0 Å². The third-order valence-corrected chi connectivity index (χ3v) is 4.54. The van der Waals surface area contributed by atoms with E-state index >= 15 is 0 Å². The number of rotatable bonds is 7. The lowest BCUT2D eigenvalue weighted by Gasteiger charge is -2.38. The zero-order valence-electron chi connectivity index (χ0n) is 15.9. The van der Waals surface area contributed by atoms with E-state index in [1.54, 1.807) is 14.2 Å². The van der Waals surface area contributed by atoms with Crippen molar-refractivity contribution in [3.63, 3.8) is 0 Å². The first-order chi connectivity index (χ1) is 11.9. The van der Waals surface area contributed by atoms with E-state index in [1.165, 1.54) is 0 Å². The fourth-order valence-corrected chi connectivity index (χ4v) is 3.21. The van der Waals surface area contributed by atoms with Crippen LogP contribution < -0.4 is 14.8 Å². The van der Waals surface area contributed by atoms with Crippen LogP contribution in [0.2, 0.25) is 0 Å². The maximum atomic E-state index is 12.4. The third-order valence-electron chi connectivity index (χ3n) is 4.54. The summed E-state index contributed by atoms with van der Waals surface area (Å²) in [4.78, 5) is 14.6. The second kappa shape index (κ2) is 9.06. The molecule has 25 heavy (non-hydrogen) atoms. The lowest BCUT2D eigenvalue weighted by Crippen LogP contribution is -2.54. The van der Waals surface area contributed by atoms with Crippen LogP contribution in [0.25, 0.3) is 0 Å². The van der Waals surface area contributed by atoms with Gasteiger partial charge in [-0.3, -0.25) is 9.69 Å². The minimum absolute atomic E-state index is 0.0572. The Bertz CT molecular complexity index is 569. The van der Waals surface area contributed by atoms with Crippen molar-refractivity contribution in [1.82, 2.24) is 10.2 Å². The Kier molecular flexibility index (Phi) is 7.08. The van der Waals surface area contributed by atoms with E-state index in [2.05, 4.69) is 10.2 Å². The maximum absolute atomic E-state index is 12.4. The minimum Gasteiger partial charge on any atom is -0.493 e. The molecule has 0 radical (unpaired) electrons. The first-order valence-electron chi connectivity index (χ1n) is 8.82. The minimum atomic E-state index is -0.154. The number of carbonyl (C=O) groups is 1. The van der Waals surface area contributed by atoms with Crippen LogP contribution in [0.3, 0.4) is 0 Å². The van der Waals surface area contributed by atoms with Crippen LogP contribution in [0.5, 0.6) is 11.5 Å². The number of morpholine rings is 1. The van der Waals surface area contributed by atoms with E-state index in [-0.39, 0.29) is 24.2 Å². The highest BCUT2D eigenvalue weighted by molar-refractivity contribution is 5.81. The summed E-state index contributed by atoms with van der Waals surface area (Å²) in [5, 5.41) is 3.03. The summed E-state index contributed by atoms with van der Waals surface area (Å²) >= 11 is 0. The Balaban J connectivity index is 1.83. The molecule has 1 aliphatic heterocycles. The molecule has 2 rings (SSSR count). The van der Waals surface area contributed by atoms with Gasteiger partial charge in [-0.15, -0.1) is 0 Å². The molecular weight excluding hydrogens is 320 g/mol. The maximum Gasteiger partial charge on any atom is 0.237 e. The van der Waals surface area contributed by atoms with Gasteiger partial charge in [0.25, 0.3) is 0 Å². The third kappa shape index (κ3) is 5.34. The topological polar surface area (TPSA) is 60.0 Å². The number of methoxy groups -OCH3 is 2. The van der Waals surface area contributed by atoms with E-state index in [9.17, 15) is 4.79 Å². The van der Waals surface area contributed by atoms with Crippen molar-refractivity contribution >= 4 is 5.91 Å². The molecule has 1 heterocycles. The molecule has 3 atom stereocenters. The molecule has 1 aromatic carbocycles. The van der Waals surface area contributed by atoms with Crippen molar-refractivity contribution in [3.05, 3.63) is 23.8 Å². The molecule has 0 aromatic heterocycles. The second-order valence-electron chi connectivity index (χ2n) is 6.62. The van der Waals surface area contributed by atoms with Gasteiger partial charge in [-0.2, -0.15) is 0 Å². The van der Waals surface area contributed by atoms with Gasteiger partial charge in [0.1, 0.15) is 0 Å². The first-order valence-corrected chi connectivity index (χ1v) is 8.82. The Hall–Kier alpha value is -1.79. The zero-order valence-corrected chi connectivity index (χ0v) is 15.9. The molecule has 1 amide bonds. The molecule has 0 unspecified atom stereocenters. The van der Waals surface area contributed by atoms with Gasteiger partial charge < -0.3 is 19.5 Å². The molecule has 0 bridgehead atoms. The number of ether oxygens (including phenoxy) is 3. The summed E-state index contributed by atoms with van der Waals surface area (Å²) < 4.78 is 16.3. The Morgan fingerprint density at radius 3 is 2.48 bits per heavy atom. The van der Waals surface area contributed by atoms with Crippen molar-refractivity contribution in [1.29, 1.82) is 0 Å². The van der Waals surface area contributed by atoms with Gasteiger partial charge in [-0.25, -0.2) is 0 Å². The number of amides is 1. The van der Waals surface area contributed by atoms with Crippen molar-refractivity contribution in [2.75, 3.05) is 33.9 Å². The highest BCUT2D eigenvalue weighted by atomic mass is 16.5. The van der Waals surface area contributed by atoms with Crippen LogP contribution in [-0.4, -0.2) is 62.9 Å². The molecule has 1 N–H and O–H groups in total. The molecule has 1 aromatic rings. The molecule has 0 aliphatic carbocycles.